The van der Waals surface area contributed by atoms with E-state index < -0.39 is 0 Å². The van der Waals surface area contributed by atoms with Crippen LogP contribution < -0.4 is 15.5 Å². The van der Waals surface area contributed by atoms with Crippen molar-refractivity contribution in [2.75, 3.05) is 54.0 Å². The minimum atomic E-state index is 0.0335. The first kappa shape index (κ1) is 25.7. The monoisotopic (exact) mass is 530 g/mol. The van der Waals surface area contributed by atoms with Gasteiger partial charge < -0.3 is 20.4 Å². The van der Waals surface area contributed by atoms with Crippen LogP contribution in [0.1, 0.15) is 52.4 Å². The number of amides is 1. The number of carbonyl (C=O) groups is 1. The predicted molar refractivity (Wildman–Crippen MR) is 148 cm³/mol. The summed E-state index contributed by atoms with van der Waals surface area (Å²) >= 11 is 3.33. The highest BCUT2D eigenvalue weighted by atomic mass is 32.2. The summed E-state index contributed by atoms with van der Waals surface area (Å²) in [4.78, 5) is 17.6. The molecule has 1 aliphatic carbocycles. The number of nitrogens with zero attached hydrogens (tertiary/aromatic N) is 6. The molecule has 3 fully saturated rings. The molecule has 0 spiro atoms. The zero-order valence-corrected chi connectivity index (χ0v) is 23.0. The molecule has 1 amide bonds. The average molecular weight is 531 g/mol. The molecule has 2 saturated heterocycles. The van der Waals surface area contributed by atoms with Crippen molar-refractivity contribution in [1.82, 2.24) is 25.3 Å². The van der Waals surface area contributed by atoms with Crippen molar-refractivity contribution in [3.63, 3.8) is 0 Å². The lowest BCUT2D eigenvalue weighted by Crippen LogP contribution is -2.42. The quantitative estimate of drug-likeness (QED) is 0.525. The Morgan fingerprint density at radius 2 is 1.94 bits per heavy atom. The molecule has 11 heteroatoms. The fourth-order valence-corrected chi connectivity index (χ4v) is 7.53. The summed E-state index contributed by atoms with van der Waals surface area (Å²) in [6.45, 7) is 9.90. The Labute approximate surface area is 222 Å². The second-order valence-electron chi connectivity index (χ2n) is 11.2. The number of aromatic nitrogens is 4. The first-order chi connectivity index (χ1) is 17.4. The van der Waals surface area contributed by atoms with Crippen LogP contribution in [0.2, 0.25) is 0 Å². The summed E-state index contributed by atoms with van der Waals surface area (Å²) in [7, 11) is 0. The number of nitrogens with one attached hydrogen (secondary N) is 2. The van der Waals surface area contributed by atoms with E-state index in [0.717, 1.165) is 55.2 Å². The van der Waals surface area contributed by atoms with E-state index in [1.165, 1.54) is 43.6 Å². The van der Waals surface area contributed by atoms with Gasteiger partial charge in [0, 0.05) is 62.4 Å². The molecule has 2 N–H and O–H groups in total. The van der Waals surface area contributed by atoms with Crippen LogP contribution in [-0.2, 0) is 4.79 Å². The number of hydrogen-bond donors (Lipinski definition) is 2. The second-order valence-corrected chi connectivity index (χ2v) is 13.6. The maximum atomic E-state index is 12.8. The standard InChI is InChI=1S/C25H38N8OS2/c1-25(2)8-5-18(6-9-25)15-32-12-13-35-20(17-32)14-22(34)28-24-31-30-23(36-24)27-19-7-11-33(16-19)21-4-3-10-26-29-21/h3-4,10,18-20H,5-9,11-17H2,1-2H3,(H,27,30)(H,28,31,34)/t19-,20?/m1/s1. The predicted octanol–water partition coefficient (Wildman–Crippen LogP) is 3.98. The Morgan fingerprint density at radius 1 is 1.11 bits per heavy atom. The Bertz CT molecular complexity index is 993. The molecule has 2 aliphatic heterocycles. The Hall–Kier alpha value is -1.98. The molecule has 5 rings (SSSR count). The van der Waals surface area contributed by atoms with E-state index in [9.17, 15) is 4.79 Å². The molecule has 1 saturated carbocycles. The van der Waals surface area contributed by atoms with Crippen molar-refractivity contribution in [3.8, 4) is 0 Å². The van der Waals surface area contributed by atoms with Gasteiger partial charge in [0.2, 0.25) is 16.2 Å². The molecule has 36 heavy (non-hydrogen) atoms. The van der Waals surface area contributed by atoms with E-state index in [-0.39, 0.29) is 11.9 Å². The van der Waals surface area contributed by atoms with Gasteiger partial charge in [-0.25, -0.2) is 0 Å². The number of thioether (sulfide) groups is 1. The highest BCUT2D eigenvalue weighted by Crippen LogP contribution is 2.38. The van der Waals surface area contributed by atoms with Gasteiger partial charge in [-0.1, -0.05) is 25.2 Å². The van der Waals surface area contributed by atoms with Crippen molar-refractivity contribution in [2.45, 2.75) is 63.7 Å². The smallest absolute Gasteiger partial charge is 0.227 e. The first-order valence-electron chi connectivity index (χ1n) is 13.2. The van der Waals surface area contributed by atoms with Crippen LogP contribution in [0, 0.1) is 11.3 Å². The van der Waals surface area contributed by atoms with Gasteiger partial charge in [-0.2, -0.15) is 16.9 Å². The second kappa shape index (κ2) is 11.6. The highest BCUT2D eigenvalue weighted by Gasteiger charge is 2.30. The molecule has 0 bridgehead atoms. The third kappa shape index (κ3) is 7.07. The molecule has 9 nitrogen and oxygen atoms in total. The maximum absolute atomic E-state index is 12.8. The molecule has 0 aromatic carbocycles. The molecule has 2 atom stereocenters. The fourth-order valence-electron chi connectivity index (χ4n) is 5.51. The van der Waals surface area contributed by atoms with Gasteiger partial charge in [0.05, 0.1) is 0 Å². The Kier molecular flexibility index (Phi) is 8.27. The van der Waals surface area contributed by atoms with E-state index >= 15 is 0 Å². The molecular weight excluding hydrogens is 492 g/mol. The van der Waals surface area contributed by atoms with Crippen LogP contribution in [0.25, 0.3) is 0 Å². The highest BCUT2D eigenvalue weighted by molar-refractivity contribution is 8.00. The van der Waals surface area contributed by atoms with E-state index in [0.29, 0.717) is 22.2 Å². The van der Waals surface area contributed by atoms with Crippen LogP contribution >= 0.6 is 23.1 Å². The Morgan fingerprint density at radius 3 is 2.75 bits per heavy atom. The molecule has 1 unspecified atom stereocenters. The molecule has 0 radical (unpaired) electrons. The molecule has 196 valence electrons. The third-order valence-electron chi connectivity index (χ3n) is 7.68. The van der Waals surface area contributed by atoms with Crippen LogP contribution in [0.4, 0.5) is 16.1 Å². The minimum Gasteiger partial charge on any atom is -0.355 e. The number of hydrogen-bond acceptors (Lipinski definition) is 10. The van der Waals surface area contributed by atoms with Gasteiger partial charge in [-0.15, -0.1) is 15.3 Å². The van der Waals surface area contributed by atoms with Crippen molar-refractivity contribution >= 4 is 45.1 Å². The van der Waals surface area contributed by atoms with Gasteiger partial charge in [-0.05, 0) is 55.6 Å². The maximum Gasteiger partial charge on any atom is 0.227 e. The minimum absolute atomic E-state index is 0.0335. The lowest BCUT2D eigenvalue weighted by molar-refractivity contribution is -0.116. The summed E-state index contributed by atoms with van der Waals surface area (Å²) < 4.78 is 0. The van der Waals surface area contributed by atoms with Crippen LogP contribution in [0.15, 0.2) is 18.3 Å². The first-order valence-corrected chi connectivity index (χ1v) is 15.0. The van der Waals surface area contributed by atoms with Crippen LogP contribution in [0.5, 0.6) is 0 Å². The fraction of sp³-hybridized carbons (Fsp3) is 0.720. The number of anilines is 3. The third-order valence-corrected chi connectivity index (χ3v) is 9.66. The van der Waals surface area contributed by atoms with Gasteiger partial charge >= 0.3 is 0 Å². The van der Waals surface area contributed by atoms with E-state index in [1.54, 1.807) is 6.20 Å². The van der Waals surface area contributed by atoms with Gasteiger partial charge in [0.15, 0.2) is 5.82 Å². The number of carbonyl (C=O) groups excluding carboxylic acids is 1. The van der Waals surface area contributed by atoms with Crippen molar-refractivity contribution in [1.29, 1.82) is 0 Å². The van der Waals surface area contributed by atoms with Gasteiger partial charge in [0.1, 0.15) is 0 Å². The lowest BCUT2D eigenvalue weighted by Gasteiger charge is -2.39. The van der Waals surface area contributed by atoms with E-state index in [1.807, 2.05) is 23.9 Å². The molecule has 4 heterocycles. The van der Waals surface area contributed by atoms with Crippen LogP contribution in [0.3, 0.4) is 0 Å². The summed E-state index contributed by atoms with van der Waals surface area (Å²) in [5.41, 5.74) is 0.518. The number of rotatable bonds is 8. The normalized spacial score (nSPS) is 25.1. The van der Waals surface area contributed by atoms with Gasteiger partial charge in [0.25, 0.3) is 0 Å². The summed E-state index contributed by atoms with van der Waals surface area (Å²) in [5, 5.41) is 24.7. The van der Waals surface area contributed by atoms with Crippen LogP contribution in [-0.4, -0.2) is 81.0 Å². The zero-order chi connectivity index (χ0) is 25.0. The average Bonchev–Trinajstić information content (AvgIpc) is 3.51. The van der Waals surface area contributed by atoms with E-state index in [2.05, 4.69) is 54.7 Å². The van der Waals surface area contributed by atoms with Crippen molar-refractivity contribution in [2.24, 2.45) is 11.3 Å². The van der Waals surface area contributed by atoms with Gasteiger partial charge in [-0.3, -0.25) is 4.79 Å². The largest absolute Gasteiger partial charge is 0.355 e. The summed E-state index contributed by atoms with van der Waals surface area (Å²) in [5.74, 6) is 2.85. The topological polar surface area (TPSA) is 99.2 Å². The molecular formula is C25H38N8OS2. The lowest BCUT2D eigenvalue weighted by atomic mass is 9.73. The zero-order valence-electron chi connectivity index (χ0n) is 21.4. The van der Waals surface area contributed by atoms with Crippen molar-refractivity contribution in [3.05, 3.63) is 18.3 Å². The molecule has 3 aliphatic rings. The SMILES string of the molecule is CC1(C)CCC(CN2CCSC(CC(=O)Nc3nnc(N[C@@H]4CCN(c5cccnn5)C4)s3)C2)CC1. The molecule has 2 aromatic rings. The molecule has 2 aromatic heterocycles. The van der Waals surface area contributed by atoms with E-state index in [4.69, 9.17) is 0 Å². The van der Waals surface area contributed by atoms with Crippen molar-refractivity contribution < 1.29 is 4.79 Å². The Balaban J connectivity index is 1.04. The summed E-state index contributed by atoms with van der Waals surface area (Å²) in [6, 6.07) is 4.15. The summed E-state index contributed by atoms with van der Waals surface area (Å²) in [6.07, 6.45) is 8.57.